The van der Waals surface area contributed by atoms with Gasteiger partial charge in [-0.1, -0.05) is 22.0 Å². The average molecular weight is 420 g/mol. The number of hydrogen-bond donors (Lipinski definition) is 1. The Morgan fingerprint density at radius 2 is 1.69 bits per heavy atom. The molecule has 0 unspecified atom stereocenters. The van der Waals surface area contributed by atoms with Crippen molar-refractivity contribution >= 4 is 33.6 Å². The van der Waals surface area contributed by atoms with Crippen molar-refractivity contribution in [2.24, 2.45) is 0 Å². The highest BCUT2D eigenvalue weighted by Gasteiger charge is 2.26. The van der Waals surface area contributed by atoms with E-state index in [2.05, 4.69) is 21.2 Å². The van der Waals surface area contributed by atoms with Gasteiger partial charge in [0.1, 0.15) is 11.5 Å². The molecule has 0 aliphatic carbocycles. The van der Waals surface area contributed by atoms with Crippen LogP contribution in [0, 0.1) is 20.8 Å². The number of nitrogens with zero attached hydrogens (tertiary/aromatic N) is 2. The molecule has 2 heterocycles. The SMILES string of the molecule is Cc1cc(C(=O)N2CCN(C(=O)Nc3ccc(C)c(Br)c3)CC2)c(C)o1. The lowest BCUT2D eigenvalue weighted by Gasteiger charge is -2.34. The van der Waals surface area contributed by atoms with Crippen LogP contribution >= 0.6 is 15.9 Å². The van der Waals surface area contributed by atoms with Crippen molar-refractivity contribution in [1.29, 1.82) is 0 Å². The molecule has 1 saturated heterocycles. The molecular formula is C19H22BrN3O3. The number of anilines is 1. The topological polar surface area (TPSA) is 65.8 Å². The molecule has 138 valence electrons. The molecule has 1 aliphatic rings. The number of carbonyl (C=O) groups is 2. The Kier molecular flexibility index (Phi) is 5.36. The number of urea groups is 1. The fourth-order valence-electron chi connectivity index (χ4n) is 3.00. The van der Waals surface area contributed by atoms with Gasteiger partial charge in [0.25, 0.3) is 5.91 Å². The second kappa shape index (κ2) is 7.53. The molecule has 6 nitrogen and oxygen atoms in total. The summed E-state index contributed by atoms with van der Waals surface area (Å²) in [5.41, 5.74) is 2.46. The first kappa shape index (κ1) is 18.5. The highest BCUT2D eigenvalue weighted by Crippen LogP contribution is 2.21. The predicted molar refractivity (Wildman–Crippen MR) is 104 cm³/mol. The monoisotopic (exact) mass is 419 g/mol. The van der Waals surface area contributed by atoms with E-state index >= 15 is 0 Å². The molecule has 1 N–H and O–H groups in total. The number of benzene rings is 1. The normalized spacial score (nSPS) is 14.5. The Bertz CT molecular complexity index is 839. The first-order valence-electron chi connectivity index (χ1n) is 8.53. The van der Waals surface area contributed by atoms with Gasteiger partial charge in [0.15, 0.2) is 0 Å². The standard InChI is InChI=1S/C19H22BrN3O3/c1-12-4-5-15(11-17(12)20)21-19(25)23-8-6-22(7-9-23)18(24)16-10-13(2)26-14(16)3/h4-5,10-11H,6-9H2,1-3H3,(H,21,25). The van der Waals surface area contributed by atoms with Crippen LogP contribution in [0.15, 0.2) is 33.2 Å². The smallest absolute Gasteiger partial charge is 0.321 e. The van der Waals surface area contributed by atoms with Gasteiger partial charge < -0.3 is 19.5 Å². The third kappa shape index (κ3) is 3.93. The van der Waals surface area contributed by atoms with E-state index in [1.807, 2.05) is 32.0 Å². The zero-order valence-corrected chi connectivity index (χ0v) is 16.7. The van der Waals surface area contributed by atoms with Crippen LogP contribution in [0.2, 0.25) is 0 Å². The minimum Gasteiger partial charge on any atom is -0.466 e. The van der Waals surface area contributed by atoms with E-state index in [1.54, 1.807) is 22.8 Å². The Balaban J connectivity index is 1.57. The number of furan rings is 1. The number of hydrogen-bond acceptors (Lipinski definition) is 3. The van der Waals surface area contributed by atoms with Crippen molar-refractivity contribution < 1.29 is 14.0 Å². The second-order valence-corrected chi connectivity index (χ2v) is 7.35. The first-order valence-corrected chi connectivity index (χ1v) is 9.33. The minimum atomic E-state index is -0.150. The maximum atomic E-state index is 12.6. The molecule has 3 amide bonds. The van der Waals surface area contributed by atoms with E-state index in [9.17, 15) is 9.59 Å². The summed E-state index contributed by atoms with van der Waals surface area (Å²) in [6.45, 7) is 7.64. The Labute approximate surface area is 161 Å². The lowest BCUT2D eigenvalue weighted by atomic mass is 10.2. The summed E-state index contributed by atoms with van der Waals surface area (Å²) in [5.74, 6) is 1.33. The lowest BCUT2D eigenvalue weighted by Crippen LogP contribution is -2.51. The first-order chi connectivity index (χ1) is 12.3. The summed E-state index contributed by atoms with van der Waals surface area (Å²) in [6.07, 6.45) is 0. The predicted octanol–water partition coefficient (Wildman–Crippen LogP) is 3.96. The minimum absolute atomic E-state index is 0.0399. The molecule has 7 heteroatoms. The van der Waals surface area contributed by atoms with Gasteiger partial charge in [-0.3, -0.25) is 4.79 Å². The number of amides is 3. The van der Waals surface area contributed by atoms with Crippen LogP contribution in [0.25, 0.3) is 0 Å². The largest absolute Gasteiger partial charge is 0.466 e. The van der Waals surface area contributed by atoms with Gasteiger partial charge in [0.2, 0.25) is 0 Å². The second-order valence-electron chi connectivity index (χ2n) is 6.50. The average Bonchev–Trinajstić information content (AvgIpc) is 2.96. The summed E-state index contributed by atoms with van der Waals surface area (Å²) < 4.78 is 6.40. The van der Waals surface area contributed by atoms with Crippen LogP contribution in [0.4, 0.5) is 10.5 Å². The van der Waals surface area contributed by atoms with Gasteiger partial charge >= 0.3 is 6.03 Å². The van der Waals surface area contributed by atoms with E-state index in [-0.39, 0.29) is 11.9 Å². The molecule has 1 aromatic carbocycles. The molecule has 0 spiro atoms. The van der Waals surface area contributed by atoms with E-state index in [4.69, 9.17) is 4.42 Å². The van der Waals surface area contributed by atoms with Crippen LogP contribution in [-0.2, 0) is 0 Å². The van der Waals surface area contributed by atoms with Gasteiger partial charge in [-0.2, -0.15) is 0 Å². The summed E-state index contributed by atoms with van der Waals surface area (Å²) in [5, 5.41) is 2.91. The molecular weight excluding hydrogens is 398 g/mol. The van der Waals surface area contributed by atoms with E-state index < -0.39 is 0 Å². The fraction of sp³-hybridized carbons (Fsp3) is 0.368. The molecule has 1 aliphatic heterocycles. The summed E-state index contributed by atoms with van der Waals surface area (Å²) in [7, 11) is 0. The van der Waals surface area contributed by atoms with Crippen molar-refractivity contribution in [3.8, 4) is 0 Å². The highest BCUT2D eigenvalue weighted by molar-refractivity contribution is 9.10. The van der Waals surface area contributed by atoms with Gasteiger partial charge in [0.05, 0.1) is 5.56 Å². The van der Waals surface area contributed by atoms with Crippen LogP contribution in [-0.4, -0.2) is 47.9 Å². The van der Waals surface area contributed by atoms with E-state index in [0.29, 0.717) is 37.5 Å². The van der Waals surface area contributed by atoms with Crippen molar-refractivity contribution in [3.63, 3.8) is 0 Å². The van der Waals surface area contributed by atoms with Crippen molar-refractivity contribution in [3.05, 3.63) is 51.4 Å². The number of piperazine rings is 1. The fourth-order valence-corrected chi connectivity index (χ4v) is 3.38. The van der Waals surface area contributed by atoms with Gasteiger partial charge in [0, 0.05) is 36.3 Å². The van der Waals surface area contributed by atoms with Gasteiger partial charge in [-0.15, -0.1) is 0 Å². The summed E-state index contributed by atoms with van der Waals surface area (Å²) >= 11 is 3.47. The summed E-state index contributed by atoms with van der Waals surface area (Å²) in [4.78, 5) is 28.6. The van der Waals surface area contributed by atoms with Crippen molar-refractivity contribution in [1.82, 2.24) is 9.80 Å². The van der Waals surface area contributed by atoms with Crippen LogP contribution in [0.1, 0.15) is 27.4 Å². The molecule has 1 aromatic heterocycles. The molecule has 0 radical (unpaired) electrons. The van der Waals surface area contributed by atoms with Crippen molar-refractivity contribution in [2.45, 2.75) is 20.8 Å². The Morgan fingerprint density at radius 1 is 1.04 bits per heavy atom. The lowest BCUT2D eigenvalue weighted by molar-refractivity contribution is 0.0670. The van der Waals surface area contributed by atoms with Crippen LogP contribution < -0.4 is 5.32 Å². The van der Waals surface area contributed by atoms with Crippen LogP contribution in [0.3, 0.4) is 0 Å². The van der Waals surface area contributed by atoms with Crippen LogP contribution in [0.5, 0.6) is 0 Å². The maximum Gasteiger partial charge on any atom is 0.321 e. The van der Waals surface area contributed by atoms with Gasteiger partial charge in [-0.25, -0.2) is 4.79 Å². The highest BCUT2D eigenvalue weighted by atomic mass is 79.9. The Morgan fingerprint density at radius 3 is 2.27 bits per heavy atom. The Hall–Kier alpha value is -2.28. The van der Waals surface area contributed by atoms with E-state index in [1.165, 1.54) is 0 Å². The molecule has 3 rings (SSSR count). The van der Waals surface area contributed by atoms with Gasteiger partial charge in [-0.05, 0) is 44.5 Å². The molecule has 26 heavy (non-hydrogen) atoms. The number of nitrogens with one attached hydrogen (secondary N) is 1. The van der Waals surface area contributed by atoms with Crippen molar-refractivity contribution in [2.75, 3.05) is 31.5 Å². The number of carbonyl (C=O) groups excluding carboxylic acids is 2. The molecule has 0 saturated carbocycles. The quantitative estimate of drug-likeness (QED) is 0.800. The molecule has 2 aromatic rings. The number of halogens is 1. The molecule has 0 bridgehead atoms. The summed E-state index contributed by atoms with van der Waals surface area (Å²) in [6, 6.07) is 7.33. The molecule has 0 atom stereocenters. The third-order valence-electron chi connectivity index (χ3n) is 4.55. The maximum absolute atomic E-state index is 12.6. The molecule has 1 fully saturated rings. The number of rotatable bonds is 2. The zero-order valence-electron chi connectivity index (χ0n) is 15.1. The van der Waals surface area contributed by atoms with E-state index in [0.717, 1.165) is 21.5 Å². The number of aryl methyl sites for hydroxylation is 3. The zero-order chi connectivity index (χ0) is 18.8. The third-order valence-corrected chi connectivity index (χ3v) is 5.40.